The van der Waals surface area contributed by atoms with Crippen molar-refractivity contribution in [3.05, 3.63) is 47.2 Å². The van der Waals surface area contributed by atoms with E-state index in [1.54, 1.807) is 11.3 Å². The van der Waals surface area contributed by atoms with Gasteiger partial charge in [-0.25, -0.2) is 9.97 Å². The Balaban J connectivity index is 1.53. The van der Waals surface area contributed by atoms with E-state index < -0.39 is 0 Å². The molecule has 0 radical (unpaired) electrons. The zero-order valence-electron chi connectivity index (χ0n) is 13.8. The highest BCUT2D eigenvalue weighted by atomic mass is 32.1. The fraction of sp³-hybridized carbons (Fsp3) is 0.412. The Bertz CT molecular complexity index is 745. The molecule has 0 bridgehead atoms. The fourth-order valence-corrected chi connectivity index (χ4v) is 3.21. The lowest BCUT2D eigenvalue weighted by Crippen LogP contribution is -2.20. The van der Waals surface area contributed by atoms with Gasteiger partial charge in [0.2, 0.25) is 5.89 Å². The Labute approximate surface area is 140 Å². The molecule has 0 amide bonds. The molecule has 122 valence electrons. The van der Waals surface area contributed by atoms with E-state index in [4.69, 9.17) is 4.42 Å². The van der Waals surface area contributed by atoms with Gasteiger partial charge in [-0.1, -0.05) is 6.07 Å². The van der Waals surface area contributed by atoms with Gasteiger partial charge in [0.15, 0.2) is 0 Å². The van der Waals surface area contributed by atoms with E-state index in [2.05, 4.69) is 26.5 Å². The summed E-state index contributed by atoms with van der Waals surface area (Å²) in [7, 11) is 4.16. The minimum Gasteiger partial charge on any atom is -0.440 e. The molecule has 5 nitrogen and oxygen atoms in total. The molecule has 0 atom stereocenters. The molecule has 0 saturated carbocycles. The second-order valence-electron chi connectivity index (χ2n) is 5.79. The Morgan fingerprint density at radius 1 is 1.39 bits per heavy atom. The molecule has 3 heterocycles. The third-order valence-electron chi connectivity index (χ3n) is 3.91. The third-order valence-corrected chi connectivity index (χ3v) is 4.76. The van der Waals surface area contributed by atoms with E-state index in [0.717, 1.165) is 54.0 Å². The topological polar surface area (TPSA) is 47.1 Å². The van der Waals surface area contributed by atoms with Gasteiger partial charge >= 0.3 is 0 Å². The zero-order chi connectivity index (χ0) is 16.2. The Morgan fingerprint density at radius 3 is 2.96 bits per heavy atom. The van der Waals surface area contributed by atoms with Gasteiger partial charge in [-0.2, -0.15) is 0 Å². The first-order valence-corrected chi connectivity index (χ1v) is 8.66. The predicted molar refractivity (Wildman–Crippen MR) is 92.4 cm³/mol. The summed E-state index contributed by atoms with van der Waals surface area (Å²) in [6, 6.07) is 4.05. The molecular formula is C17H22N4OS. The lowest BCUT2D eigenvalue weighted by atomic mass is 10.2. The molecule has 0 aliphatic rings. The van der Waals surface area contributed by atoms with Crippen molar-refractivity contribution in [2.75, 3.05) is 13.6 Å². The summed E-state index contributed by atoms with van der Waals surface area (Å²) in [6.07, 6.45) is 5.91. The van der Waals surface area contributed by atoms with E-state index in [1.165, 1.54) is 0 Å². The number of hydrogen-bond donors (Lipinski definition) is 0. The van der Waals surface area contributed by atoms with Gasteiger partial charge in [-0.05, 0) is 38.4 Å². The van der Waals surface area contributed by atoms with Gasteiger partial charge in [0.05, 0.1) is 10.6 Å². The minimum atomic E-state index is 0.730. The van der Waals surface area contributed by atoms with Crippen LogP contribution in [0.5, 0.6) is 0 Å². The molecule has 0 aromatic carbocycles. The minimum absolute atomic E-state index is 0.730. The van der Waals surface area contributed by atoms with Crippen molar-refractivity contribution >= 4 is 11.3 Å². The van der Waals surface area contributed by atoms with Crippen LogP contribution in [0.15, 0.2) is 34.3 Å². The Morgan fingerprint density at radius 2 is 2.26 bits per heavy atom. The maximum absolute atomic E-state index is 5.80. The fourth-order valence-electron chi connectivity index (χ4n) is 2.56. The van der Waals surface area contributed by atoms with E-state index in [9.17, 15) is 0 Å². The highest BCUT2D eigenvalue weighted by Gasteiger charge is 2.13. The standard InChI is InChI=1S/C17H22N4OS/c1-13-14(19-17(22-13)15-6-5-11-23-15)12-20(2)9-4-7-16-18-8-10-21(16)3/h5-6,8,10-11H,4,7,9,12H2,1-3H3. The third kappa shape index (κ3) is 3.89. The number of nitrogens with zero attached hydrogens (tertiary/aromatic N) is 4. The molecule has 0 aliphatic carbocycles. The van der Waals surface area contributed by atoms with Crippen LogP contribution in [0.2, 0.25) is 0 Å². The Hall–Kier alpha value is -1.92. The van der Waals surface area contributed by atoms with Gasteiger partial charge in [0, 0.05) is 32.4 Å². The molecule has 23 heavy (non-hydrogen) atoms. The highest BCUT2D eigenvalue weighted by molar-refractivity contribution is 7.13. The van der Waals surface area contributed by atoms with Crippen molar-refractivity contribution in [1.82, 2.24) is 19.4 Å². The molecule has 0 N–H and O–H groups in total. The molecule has 0 saturated heterocycles. The van der Waals surface area contributed by atoms with Crippen molar-refractivity contribution in [2.24, 2.45) is 7.05 Å². The molecule has 3 aromatic heterocycles. The zero-order valence-corrected chi connectivity index (χ0v) is 14.6. The lowest BCUT2D eigenvalue weighted by molar-refractivity contribution is 0.315. The predicted octanol–water partition coefficient (Wildman–Crippen LogP) is 3.51. The number of aryl methyl sites for hydroxylation is 3. The highest BCUT2D eigenvalue weighted by Crippen LogP contribution is 2.26. The van der Waals surface area contributed by atoms with Crippen molar-refractivity contribution in [2.45, 2.75) is 26.3 Å². The van der Waals surface area contributed by atoms with Crippen LogP contribution in [-0.4, -0.2) is 33.0 Å². The summed E-state index contributed by atoms with van der Waals surface area (Å²) in [4.78, 5) is 12.4. The molecule has 0 unspecified atom stereocenters. The second kappa shape index (κ2) is 7.10. The average molecular weight is 330 g/mol. The molecular weight excluding hydrogens is 308 g/mol. The number of imidazole rings is 1. The van der Waals surface area contributed by atoms with Gasteiger partial charge in [0.25, 0.3) is 0 Å². The van der Waals surface area contributed by atoms with E-state index >= 15 is 0 Å². The van der Waals surface area contributed by atoms with Crippen LogP contribution in [0.3, 0.4) is 0 Å². The van der Waals surface area contributed by atoms with Gasteiger partial charge < -0.3 is 13.9 Å². The molecule has 3 rings (SSSR count). The van der Waals surface area contributed by atoms with E-state index in [1.807, 2.05) is 43.9 Å². The van der Waals surface area contributed by atoms with Gasteiger partial charge in [-0.15, -0.1) is 11.3 Å². The maximum Gasteiger partial charge on any atom is 0.236 e. The summed E-state index contributed by atoms with van der Waals surface area (Å²) in [5.41, 5.74) is 1.02. The number of aromatic nitrogens is 3. The van der Waals surface area contributed by atoms with Crippen molar-refractivity contribution in [1.29, 1.82) is 0 Å². The summed E-state index contributed by atoms with van der Waals surface area (Å²) in [5, 5.41) is 2.04. The monoisotopic (exact) mass is 330 g/mol. The van der Waals surface area contributed by atoms with Crippen LogP contribution in [0.25, 0.3) is 10.8 Å². The van der Waals surface area contributed by atoms with Crippen LogP contribution in [0, 0.1) is 6.92 Å². The summed E-state index contributed by atoms with van der Waals surface area (Å²) >= 11 is 1.65. The molecule has 0 aliphatic heterocycles. The molecule has 0 spiro atoms. The summed E-state index contributed by atoms with van der Waals surface area (Å²) in [5.74, 6) is 2.77. The van der Waals surface area contributed by atoms with Crippen LogP contribution >= 0.6 is 11.3 Å². The molecule has 3 aromatic rings. The van der Waals surface area contributed by atoms with Gasteiger partial charge in [-0.3, -0.25) is 0 Å². The second-order valence-corrected chi connectivity index (χ2v) is 6.74. The molecule has 6 heteroatoms. The van der Waals surface area contributed by atoms with Crippen LogP contribution in [0.4, 0.5) is 0 Å². The number of hydrogen-bond acceptors (Lipinski definition) is 5. The average Bonchev–Trinajstić information content (AvgIpc) is 3.23. The van der Waals surface area contributed by atoms with Crippen molar-refractivity contribution in [3.63, 3.8) is 0 Å². The normalized spacial score (nSPS) is 11.5. The first kappa shape index (κ1) is 16.0. The van der Waals surface area contributed by atoms with Crippen molar-refractivity contribution < 1.29 is 4.42 Å². The largest absolute Gasteiger partial charge is 0.440 e. The number of thiophene rings is 1. The number of oxazole rings is 1. The molecule has 0 fully saturated rings. The first-order chi connectivity index (χ1) is 11.1. The van der Waals surface area contributed by atoms with Crippen molar-refractivity contribution in [3.8, 4) is 10.8 Å². The van der Waals surface area contributed by atoms with Crippen LogP contribution in [-0.2, 0) is 20.0 Å². The van der Waals surface area contributed by atoms with Crippen LogP contribution in [0.1, 0.15) is 23.7 Å². The maximum atomic E-state index is 5.80. The summed E-state index contributed by atoms with van der Waals surface area (Å²) < 4.78 is 7.88. The summed E-state index contributed by atoms with van der Waals surface area (Å²) in [6.45, 7) is 3.80. The SMILES string of the molecule is Cc1oc(-c2cccs2)nc1CN(C)CCCc1nccn1C. The smallest absolute Gasteiger partial charge is 0.236 e. The van der Waals surface area contributed by atoms with Gasteiger partial charge in [0.1, 0.15) is 11.6 Å². The number of rotatable bonds is 7. The first-order valence-electron chi connectivity index (χ1n) is 7.78. The van der Waals surface area contributed by atoms with E-state index in [-0.39, 0.29) is 0 Å². The lowest BCUT2D eigenvalue weighted by Gasteiger charge is -2.15. The van der Waals surface area contributed by atoms with Crippen LogP contribution < -0.4 is 0 Å². The van der Waals surface area contributed by atoms with E-state index in [0.29, 0.717) is 0 Å². The Kier molecular flexibility index (Phi) is 4.93. The quantitative estimate of drug-likeness (QED) is 0.665.